The molecule has 67 valence electrons. The zero-order valence-electron chi connectivity index (χ0n) is 7.53. The van der Waals surface area contributed by atoms with Crippen molar-refractivity contribution in [3.05, 3.63) is 28.7 Å². The van der Waals surface area contributed by atoms with Crippen molar-refractivity contribution < 1.29 is 32.7 Å². The molecule has 1 aromatic rings. The van der Waals surface area contributed by atoms with Gasteiger partial charge in [0.2, 0.25) is 0 Å². The van der Waals surface area contributed by atoms with Crippen molar-refractivity contribution >= 4 is 17.5 Å². The van der Waals surface area contributed by atoms with E-state index in [9.17, 15) is 5.41 Å². The number of allylic oxidation sites excluding steroid dienone is 2. The fourth-order valence-electron chi connectivity index (χ4n) is 0.716. The number of aromatic amines is 1. The van der Waals surface area contributed by atoms with E-state index in [0.29, 0.717) is 0 Å². The summed E-state index contributed by atoms with van der Waals surface area (Å²) in [7, 11) is 0. The molecule has 1 heterocycles. The van der Waals surface area contributed by atoms with E-state index in [0.717, 1.165) is 9.93 Å². The smallest absolute Gasteiger partial charge is 0.0925 e. The molecule has 5 heteroatoms. The minimum absolute atomic E-state index is 0. The van der Waals surface area contributed by atoms with Crippen molar-refractivity contribution in [2.75, 3.05) is 0 Å². The van der Waals surface area contributed by atoms with Gasteiger partial charge in [-0.25, -0.2) is 0 Å². The summed E-state index contributed by atoms with van der Waals surface area (Å²) in [4.78, 5) is 0.722. The van der Waals surface area contributed by atoms with Crippen molar-refractivity contribution in [2.45, 2.75) is 18.9 Å². The molecule has 0 aliphatic carbocycles. The molecule has 13 heavy (non-hydrogen) atoms. The number of hydrogen-bond acceptors (Lipinski definition) is 2. The van der Waals surface area contributed by atoms with Crippen LogP contribution >= 0.6 is 11.8 Å². The second-order valence-electron chi connectivity index (χ2n) is 2.19. The summed E-state index contributed by atoms with van der Waals surface area (Å²) < 4.78 is 0. The van der Waals surface area contributed by atoms with Crippen LogP contribution in [0.15, 0.2) is 22.2 Å². The normalized spacial score (nSPS) is 10.8. The third-order valence-electron chi connectivity index (χ3n) is 1.24. The van der Waals surface area contributed by atoms with Gasteiger partial charge in [-0.15, -0.1) is 25.6 Å². The molecule has 0 aromatic carbocycles. The number of hydrogen-bond donors (Lipinski definition) is 1. The van der Waals surface area contributed by atoms with Gasteiger partial charge in [0.05, 0.1) is 5.03 Å². The van der Waals surface area contributed by atoms with Crippen LogP contribution in [-0.4, -0.2) is 15.9 Å². The number of nitrogens with one attached hydrogen (secondary N) is 1. The molecule has 0 atom stereocenters. The van der Waals surface area contributed by atoms with E-state index in [1.165, 1.54) is 11.8 Å². The molecule has 0 aliphatic rings. The molecule has 0 saturated carbocycles. The molecule has 3 nitrogen and oxygen atoms in total. The molecule has 0 fully saturated rings. The minimum Gasteiger partial charge on any atom is -0.907 e. The molecule has 1 radical (unpaired) electrons. The Balaban J connectivity index is 0.00000144. The molecule has 0 amide bonds. The molecule has 0 bridgehead atoms. The SMILES string of the molecule is C[C-]=C(Sc1ccn[nH]1)C(C)=[N-].[Y]. The van der Waals surface area contributed by atoms with Gasteiger partial charge in [0.15, 0.2) is 0 Å². The zero-order valence-corrected chi connectivity index (χ0v) is 11.2. The second-order valence-corrected chi connectivity index (χ2v) is 3.24. The first kappa shape index (κ1) is 13.1. The second kappa shape index (κ2) is 6.52. The predicted molar refractivity (Wildman–Crippen MR) is 50.9 cm³/mol. The van der Waals surface area contributed by atoms with Crippen LogP contribution < -0.4 is 0 Å². The van der Waals surface area contributed by atoms with Crippen LogP contribution in [0, 0.1) is 6.08 Å². The molecule has 0 unspecified atom stereocenters. The van der Waals surface area contributed by atoms with Gasteiger partial charge >= 0.3 is 0 Å². The van der Waals surface area contributed by atoms with Gasteiger partial charge in [0.25, 0.3) is 0 Å². The summed E-state index contributed by atoms with van der Waals surface area (Å²) in [5.74, 6) is 0. The first-order valence-corrected chi connectivity index (χ1v) is 4.30. The Bertz CT molecular complexity index is 292. The number of rotatable bonds is 3. The Morgan fingerprint density at radius 1 is 1.69 bits per heavy atom. The molecule has 1 N–H and O–H groups in total. The van der Waals surface area contributed by atoms with E-state index >= 15 is 0 Å². The Kier molecular flexibility index (Phi) is 6.55. The van der Waals surface area contributed by atoms with Gasteiger partial charge in [-0.05, 0) is 6.07 Å². The summed E-state index contributed by atoms with van der Waals surface area (Å²) in [5.41, 5.74) is 0.275. The van der Waals surface area contributed by atoms with Crippen LogP contribution in [0.2, 0.25) is 0 Å². The van der Waals surface area contributed by atoms with Crippen molar-refractivity contribution in [1.29, 1.82) is 0 Å². The Labute approximate surface area is 107 Å². The fraction of sp³-hybridized carbons (Fsp3) is 0.250. The Morgan fingerprint density at radius 3 is 2.77 bits per heavy atom. The van der Waals surface area contributed by atoms with E-state index in [1.54, 1.807) is 20.0 Å². The van der Waals surface area contributed by atoms with E-state index in [4.69, 9.17) is 0 Å². The first-order valence-electron chi connectivity index (χ1n) is 3.49. The molecule has 0 aliphatic heterocycles. The Hall–Kier alpha value is 0.0739. The van der Waals surface area contributed by atoms with Crippen LogP contribution in [0.25, 0.3) is 5.41 Å². The van der Waals surface area contributed by atoms with E-state index in [-0.39, 0.29) is 38.4 Å². The summed E-state index contributed by atoms with van der Waals surface area (Å²) >= 11 is 1.40. The molecule has 1 aromatic heterocycles. The monoisotopic (exact) mass is 268 g/mol. The van der Waals surface area contributed by atoms with Gasteiger partial charge < -0.3 is 11.1 Å². The van der Waals surface area contributed by atoms with Crippen molar-refractivity contribution in [3.63, 3.8) is 0 Å². The third kappa shape index (κ3) is 4.20. The van der Waals surface area contributed by atoms with Crippen LogP contribution in [0.4, 0.5) is 0 Å². The summed E-state index contributed by atoms with van der Waals surface area (Å²) in [5, 5.41) is 16.6. The molecule has 1 rings (SSSR count). The van der Waals surface area contributed by atoms with Crippen molar-refractivity contribution in [3.8, 4) is 0 Å². The van der Waals surface area contributed by atoms with Crippen LogP contribution in [0.5, 0.6) is 0 Å². The molecular weight excluding hydrogens is 259 g/mol. The summed E-state index contributed by atoms with van der Waals surface area (Å²) in [6, 6.07) is 1.84. The number of nitrogens with zero attached hydrogens (tertiary/aromatic N) is 2. The summed E-state index contributed by atoms with van der Waals surface area (Å²) in [6.45, 7) is 3.40. The molecule has 0 saturated heterocycles. The van der Waals surface area contributed by atoms with Crippen LogP contribution in [-0.2, 0) is 32.7 Å². The summed E-state index contributed by atoms with van der Waals surface area (Å²) in [6.07, 6.45) is 4.55. The fourth-order valence-corrected chi connectivity index (χ4v) is 1.41. The van der Waals surface area contributed by atoms with Gasteiger partial charge in [-0.3, -0.25) is 11.2 Å². The van der Waals surface area contributed by atoms with E-state index < -0.39 is 0 Å². The third-order valence-corrected chi connectivity index (χ3v) is 2.39. The van der Waals surface area contributed by atoms with Gasteiger partial charge in [-0.1, -0.05) is 0 Å². The standard InChI is InChI=1S/C8H9N3S.Y/c1-3-7(6(2)9)12-8-4-5-10-11-8;/h4-5H,1-2H3,(H,10,11);/q-2;. The van der Waals surface area contributed by atoms with Crippen LogP contribution in [0.1, 0.15) is 13.8 Å². The first-order chi connectivity index (χ1) is 5.74. The minimum atomic E-state index is 0. The van der Waals surface area contributed by atoms with Gasteiger partial charge in [0.1, 0.15) is 0 Å². The number of thioether (sulfide) groups is 1. The van der Waals surface area contributed by atoms with E-state index in [2.05, 4.69) is 16.3 Å². The van der Waals surface area contributed by atoms with Gasteiger partial charge in [0, 0.05) is 38.9 Å². The predicted octanol–water partition coefficient (Wildman–Crippen LogP) is 2.24. The number of H-pyrrole nitrogens is 1. The maximum absolute atomic E-state index is 9.17. The quantitative estimate of drug-likeness (QED) is 0.519. The largest absolute Gasteiger partial charge is 0.907 e. The molecule has 0 spiro atoms. The van der Waals surface area contributed by atoms with Gasteiger partial charge in [-0.2, -0.15) is 10.0 Å². The average molecular weight is 268 g/mol. The average Bonchev–Trinajstić information content (AvgIpc) is 2.51. The Morgan fingerprint density at radius 2 is 2.38 bits per heavy atom. The number of aromatic nitrogens is 2. The van der Waals surface area contributed by atoms with Crippen molar-refractivity contribution in [2.24, 2.45) is 0 Å². The maximum Gasteiger partial charge on any atom is 0.0925 e. The van der Waals surface area contributed by atoms with Crippen molar-refractivity contribution in [1.82, 2.24) is 10.2 Å². The topological polar surface area (TPSA) is 51.0 Å². The molecular formula is C8H9N3SY-2. The zero-order chi connectivity index (χ0) is 8.97. The van der Waals surface area contributed by atoms with E-state index in [1.807, 2.05) is 6.07 Å². The van der Waals surface area contributed by atoms with Crippen LogP contribution in [0.3, 0.4) is 0 Å². The maximum atomic E-state index is 9.17.